The Balaban J connectivity index is 1.46. The number of anilines is 1. The molecule has 0 radical (unpaired) electrons. The minimum Gasteiger partial charge on any atom is -0.370 e. The number of carbonyl (C=O) groups is 1. The third kappa shape index (κ3) is 3.40. The lowest BCUT2D eigenvalue weighted by Gasteiger charge is -2.26. The lowest BCUT2D eigenvalue weighted by Crippen LogP contribution is -2.38. The van der Waals surface area contributed by atoms with Gasteiger partial charge in [-0.1, -0.05) is 6.42 Å². The van der Waals surface area contributed by atoms with Crippen molar-refractivity contribution in [1.29, 1.82) is 0 Å². The summed E-state index contributed by atoms with van der Waals surface area (Å²) >= 11 is 0. The van der Waals surface area contributed by atoms with E-state index < -0.39 is 0 Å². The maximum Gasteiger partial charge on any atom is 0.233 e. The largest absolute Gasteiger partial charge is 0.370 e. The molecule has 1 fully saturated rings. The van der Waals surface area contributed by atoms with Crippen molar-refractivity contribution in [2.75, 3.05) is 31.1 Å². The molecule has 8 heteroatoms. The molecular formula is C18H23FN6O. The van der Waals surface area contributed by atoms with Crippen LogP contribution in [0, 0.1) is 5.82 Å². The van der Waals surface area contributed by atoms with Gasteiger partial charge in [0.25, 0.3) is 0 Å². The van der Waals surface area contributed by atoms with Gasteiger partial charge in [0.1, 0.15) is 5.82 Å². The first-order valence-electron chi connectivity index (χ1n) is 9.28. The molecule has 0 bridgehead atoms. The third-order valence-electron chi connectivity index (χ3n) is 5.28. The molecule has 7 nitrogen and oxygen atoms in total. The van der Waals surface area contributed by atoms with Crippen molar-refractivity contribution in [3.8, 4) is 0 Å². The summed E-state index contributed by atoms with van der Waals surface area (Å²) in [5, 5.41) is 11.9. The van der Waals surface area contributed by atoms with Gasteiger partial charge in [-0.25, -0.2) is 9.07 Å². The number of hydrogen-bond donors (Lipinski definition) is 0. The van der Waals surface area contributed by atoms with Crippen LogP contribution in [0.4, 0.5) is 10.1 Å². The fraction of sp³-hybridized carbons (Fsp3) is 0.556. The van der Waals surface area contributed by atoms with Crippen molar-refractivity contribution in [3.63, 3.8) is 0 Å². The second-order valence-corrected chi connectivity index (χ2v) is 6.95. The number of hydrogen-bond acceptors (Lipinski definition) is 5. The first-order chi connectivity index (χ1) is 12.7. The number of amides is 1. The molecule has 3 heterocycles. The lowest BCUT2D eigenvalue weighted by molar-refractivity contribution is -0.133. The lowest BCUT2D eigenvalue weighted by atomic mass is 10.0. The molecule has 0 saturated carbocycles. The monoisotopic (exact) mass is 358 g/mol. The smallest absolute Gasteiger partial charge is 0.233 e. The molecule has 1 aromatic heterocycles. The van der Waals surface area contributed by atoms with E-state index in [1.165, 1.54) is 12.1 Å². The predicted molar refractivity (Wildman–Crippen MR) is 94.2 cm³/mol. The van der Waals surface area contributed by atoms with Crippen LogP contribution in [-0.2, 0) is 11.3 Å². The van der Waals surface area contributed by atoms with Gasteiger partial charge < -0.3 is 9.80 Å². The zero-order chi connectivity index (χ0) is 17.9. The van der Waals surface area contributed by atoms with Crippen molar-refractivity contribution in [3.05, 3.63) is 35.9 Å². The molecule has 0 spiro atoms. The van der Waals surface area contributed by atoms with Crippen LogP contribution >= 0.6 is 0 Å². The molecule has 1 aromatic carbocycles. The molecule has 1 amide bonds. The highest BCUT2D eigenvalue weighted by Crippen LogP contribution is 2.27. The van der Waals surface area contributed by atoms with Crippen molar-refractivity contribution in [2.24, 2.45) is 0 Å². The van der Waals surface area contributed by atoms with Gasteiger partial charge in [0.05, 0.1) is 5.92 Å². The van der Waals surface area contributed by atoms with Crippen molar-refractivity contribution in [1.82, 2.24) is 25.1 Å². The van der Waals surface area contributed by atoms with Crippen LogP contribution < -0.4 is 4.90 Å². The van der Waals surface area contributed by atoms with E-state index in [2.05, 4.69) is 20.4 Å². The topological polar surface area (TPSA) is 67.2 Å². The summed E-state index contributed by atoms with van der Waals surface area (Å²) in [5.74, 6) is 0.354. The van der Waals surface area contributed by atoms with Crippen molar-refractivity contribution < 1.29 is 9.18 Å². The van der Waals surface area contributed by atoms with Crippen molar-refractivity contribution >= 4 is 11.6 Å². The summed E-state index contributed by atoms with van der Waals surface area (Å²) in [6.45, 7) is 3.78. The molecule has 2 aliphatic rings. The highest BCUT2D eigenvalue weighted by Gasteiger charge is 2.32. The van der Waals surface area contributed by atoms with E-state index in [1.807, 2.05) is 4.90 Å². The summed E-state index contributed by atoms with van der Waals surface area (Å²) in [4.78, 5) is 17.3. The molecule has 0 aliphatic carbocycles. The molecule has 0 N–H and O–H groups in total. The van der Waals surface area contributed by atoms with Gasteiger partial charge >= 0.3 is 0 Å². The molecule has 1 atom stereocenters. The number of nitrogens with zero attached hydrogens (tertiary/aromatic N) is 6. The van der Waals surface area contributed by atoms with Gasteiger partial charge in [0.2, 0.25) is 5.91 Å². The minimum absolute atomic E-state index is 0.129. The SMILES string of the molecule is O=C(C1CCCCn2nnnc21)N1CCCN(c2ccc(F)cc2)CC1. The Bertz CT molecular complexity index is 761. The van der Waals surface area contributed by atoms with Crippen LogP contribution in [0.2, 0.25) is 0 Å². The second-order valence-electron chi connectivity index (χ2n) is 6.95. The van der Waals surface area contributed by atoms with Crippen molar-refractivity contribution in [2.45, 2.75) is 38.1 Å². The average Bonchev–Trinajstić information content (AvgIpc) is 2.87. The molecular weight excluding hydrogens is 335 g/mol. The van der Waals surface area contributed by atoms with Crippen LogP contribution in [0.25, 0.3) is 0 Å². The van der Waals surface area contributed by atoms with Crippen LogP contribution in [0.15, 0.2) is 24.3 Å². The maximum atomic E-state index is 13.2. The van der Waals surface area contributed by atoms with Gasteiger partial charge in [-0.15, -0.1) is 5.10 Å². The highest BCUT2D eigenvalue weighted by atomic mass is 19.1. The maximum absolute atomic E-state index is 13.2. The molecule has 4 rings (SSSR count). The number of benzene rings is 1. The number of carbonyl (C=O) groups excluding carboxylic acids is 1. The van der Waals surface area contributed by atoms with Gasteiger partial charge in [-0.3, -0.25) is 4.79 Å². The quantitative estimate of drug-likeness (QED) is 0.819. The number of halogens is 1. The number of aromatic nitrogens is 4. The predicted octanol–water partition coefficient (Wildman–Crippen LogP) is 1.82. The zero-order valence-electron chi connectivity index (χ0n) is 14.7. The van der Waals surface area contributed by atoms with Gasteiger partial charge in [-0.05, 0) is 54.0 Å². The summed E-state index contributed by atoms with van der Waals surface area (Å²) in [6.07, 6.45) is 3.69. The number of aryl methyl sites for hydroxylation is 1. The van der Waals surface area contributed by atoms with Gasteiger partial charge in [-0.2, -0.15) is 0 Å². The standard InChI is InChI=1S/C18H23FN6O/c19-14-5-7-15(8-6-14)23-9-3-10-24(13-12-23)18(26)16-4-1-2-11-25-17(16)20-21-22-25/h5-8,16H,1-4,9-13H2. The second kappa shape index (κ2) is 7.39. The van der Waals surface area contributed by atoms with E-state index in [0.29, 0.717) is 12.4 Å². The number of fused-ring (bicyclic) bond motifs is 1. The Morgan fingerprint density at radius 2 is 1.85 bits per heavy atom. The highest BCUT2D eigenvalue weighted by molar-refractivity contribution is 5.83. The third-order valence-corrected chi connectivity index (χ3v) is 5.28. The van der Waals surface area contributed by atoms with Gasteiger partial charge in [0.15, 0.2) is 5.82 Å². The Morgan fingerprint density at radius 1 is 1.00 bits per heavy atom. The fourth-order valence-corrected chi connectivity index (χ4v) is 3.86. The van der Waals surface area contributed by atoms with E-state index in [0.717, 1.165) is 57.5 Å². The van der Waals surface area contributed by atoms with Crippen LogP contribution in [0.1, 0.15) is 37.4 Å². The van der Waals surface area contributed by atoms with E-state index in [4.69, 9.17) is 0 Å². The molecule has 26 heavy (non-hydrogen) atoms. The number of tetrazole rings is 1. The van der Waals surface area contributed by atoms with Crippen LogP contribution in [0.3, 0.4) is 0 Å². The first-order valence-corrected chi connectivity index (χ1v) is 9.28. The molecule has 138 valence electrons. The summed E-state index contributed by atoms with van der Waals surface area (Å²) < 4.78 is 14.9. The summed E-state index contributed by atoms with van der Waals surface area (Å²) in [5.41, 5.74) is 0.999. The minimum atomic E-state index is -0.245. The molecule has 2 aromatic rings. The summed E-state index contributed by atoms with van der Waals surface area (Å²) in [7, 11) is 0. The van der Waals surface area contributed by atoms with Crippen LogP contribution in [0.5, 0.6) is 0 Å². The van der Waals surface area contributed by atoms with E-state index in [1.54, 1.807) is 16.8 Å². The number of rotatable bonds is 2. The summed E-state index contributed by atoms with van der Waals surface area (Å²) in [6, 6.07) is 6.56. The van der Waals surface area contributed by atoms with Crippen LogP contribution in [-0.4, -0.2) is 57.2 Å². The average molecular weight is 358 g/mol. The molecule has 1 saturated heterocycles. The Kier molecular flexibility index (Phi) is 4.81. The fourth-order valence-electron chi connectivity index (χ4n) is 3.86. The van der Waals surface area contributed by atoms with Gasteiger partial charge in [0, 0.05) is 38.4 Å². The van der Waals surface area contributed by atoms with E-state index in [9.17, 15) is 9.18 Å². The Hall–Kier alpha value is -2.51. The molecule has 1 unspecified atom stereocenters. The normalized spacial score (nSPS) is 21.0. The Morgan fingerprint density at radius 3 is 2.69 bits per heavy atom. The first kappa shape index (κ1) is 16.9. The van der Waals surface area contributed by atoms with E-state index >= 15 is 0 Å². The molecule has 2 aliphatic heterocycles. The van der Waals surface area contributed by atoms with E-state index in [-0.39, 0.29) is 17.6 Å². The zero-order valence-corrected chi connectivity index (χ0v) is 14.7. The Labute approximate surface area is 151 Å².